The van der Waals surface area contributed by atoms with Gasteiger partial charge in [-0.3, -0.25) is 9.69 Å². The first-order chi connectivity index (χ1) is 10.8. The molecule has 6 heteroatoms. The van der Waals surface area contributed by atoms with Crippen molar-refractivity contribution in [3.05, 3.63) is 28.8 Å². The summed E-state index contributed by atoms with van der Waals surface area (Å²) in [5.74, 6) is 1.19. The molecule has 1 aromatic carbocycles. The molecule has 1 N–H and O–H groups in total. The Labute approximate surface area is 129 Å². The maximum absolute atomic E-state index is 11.9. The van der Waals surface area contributed by atoms with E-state index in [2.05, 4.69) is 14.9 Å². The molecule has 0 unspecified atom stereocenters. The number of nitrogens with one attached hydrogen (secondary N) is 1. The second-order valence-corrected chi connectivity index (χ2v) is 5.50. The lowest BCUT2D eigenvalue weighted by Crippen LogP contribution is -2.33. The molecule has 0 aliphatic carbocycles. The van der Waals surface area contributed by atoms with Crippen LogP contribution in [0.5, 0.6) is 11.5 Å². The summed E-state index contributed by atoms with van der Waals surface area (Å²) in [6, 6.07) is 3.44. The van der Waals surface area contributed by atoms with Crippen molar-refractivity contribution < 1.29 is 9.47 Å². The summed E-state index contributed by atoms with van der Waals surface area (Å²) >= 11 is 0. The predicted octanol–water partition coefficient (Wildman–Crippen LogP) is 1.80. The number of hydrogen-bond donors (Lipinski definition) is 1. The van der Waals surface area contributed by atoms with E-state index >= 15 is 0 Å². The van der Waals surface area contributed by atoms with E-state index in [0.29, 0.717) is 29.0 Å². The second-order valence-electron chi connectivity index (χ2n) is 5.50. The number of aromatic amines is 1. The van der Waals surface area contributed by atoms with Crippen LogP contribution in [0.15, 0.2) is 23.3 Å². The highest BCUT2D eigenvalue weighted by Crippen LogP contribution is 2.30. The average molecular weight is 303 g/mol. The number of ether oxygens (including phenoxy) is 2. The molecule has 0 spiro atoms. The molecule has 0 bridgehead atoms. The minimum Gasteiger partial charge on any atom is -0.493 e. The smallest absolute Gasteiger partial charge is 0.258 e. The molecule has 0 radical (unpaired) electrons. The molecule has 1 aliphatic heterocycles. The Balaban J connectivity index is 1.74. The number of hydrogen-bond acceptors (Lipinski definition) is 5. The van der Waals surface area contributed by atoms with Crippen LogP contribution in [0, 0.1) is 0 Å². The Morgan fingerprint density at radius 3 is 2.82 bits per heavy atom. The van der Waals surface area contributed by atoms with Gasteiger partial charge in [-0.05, 0) is 32.0 Å². The Kier molecular flexibility index (Phi) is 4.58. The summed E-state index contributed by atoms with van der Waals surface area (Å²) in [4.78, 5) is 21.0. The van der Waals surface area contributed by atoms with Crippen LogP contribution in [-0.4, -0.2) is 48.2 Å². The molecule has 118 valence electrons. The third-order valence-corrected chi connectivity index (χ3v) is 4.04. The Morgan fingerprint density at radius 1 is 1.23 bits per heavy atom. The van der Waals surface area contributed by atoms with Crippen molar-refractivity contribution >= 4 is 10.9 Å². The summed E-state index contributed by atoms with van der Waals surface area (Å²) < 4.78 is 11.2. The highest BCUT2D eigenvalue weighted by atomic mass is 16.5. The van der Waals surface area contributed by atoms with Crippen molar-refractivity contribution in [2.24, 2.45) is 0 Å². The van der Waals surface area contributed by atoms with Crippen LogP contribution in [0.1, 0.15) is 19.3 Å². The third-order valence-electron chi connectivity index (χ3n) is 4.04. The predicted molar refractivity (Wildman–Crippen MR) is 84.7 cm³/mol. The number of nitrogens with zero attached hydrogens (tertiary/aromatic N) is 2. The fourth-order valence-electron chi connectivity index (χ4n) is 2.82. The van der Waals surface area contributed by atoms with Crippen molar-refractivity contribution in [1.82, 2.24) is 14.9 Å². The van der Waals surface area contributed by atoms with Gasteiger partial charge in [0.2, 0.25) is 0 Å². The second kappa shape index (κ2) is 6.79. The fourth-order valence-corrected chi connectivity index (χ4v) is 2.82. The number of piperidine rings is 1. The molecule has 0 saturated carbocycles. The van der Waals surface area contributed by atoms with E-state index in [1.54, 1.807) is 19.2 Å². The van der Waals surface area contributed by atoms with Gasteiger partial charge < -0.3 is 14.5 Å². The number of benzene rings is 1. The zero-order valence-electron chi connectivity index (χ0n) is 12.8. The standard InChI is InChI=1S/C16H21N3O3/c1-21-14-10-13-12(16(20)18-11-17-13)9-15(14)22-8-7-19-5-3-2-4-6-19/h9-11H,2-8H2,1H3,(H,17,18,20). The van der Waals surface area contributed by atoms with Gasteiger partial charge in [0.1, 0.15) is 6.61 Å². The van der Waals surface area contributed by atoms with Gasteiger partial charge in [-0.2, -0.15) is 0 Å². The lowest BCUT2D eigenvalue weighted by atomic mass is 10.1. The maximum atomic E-state index is 11.9. The van der Waals surface area contributed by atoms with E-state index < -0.39 is 0 Å². The van der Waals surface area contributed by atoms with E-state index in [1.165, 1.54) is 25.6 Å². The first-order valence-corrected chi connectivity index (χ1v) is 7.68. The fraction of sp³-hybridized carbons (Fsp3) is 0.500. The van der Waals surface area contributed by atoms with Crippen LogP contribution < -0.4 is 15.0 Å². The van der Waals surface area contributed by atoms with Crippen LogP contribution in [0.25, 0.3) is 10.9 Å². The first-order valence-electron chi connectivity index (χ1n) is 7.68. The van der Waals surface area contributed by atoms with Crippen LogP contribution >= 0.6 is 0 Å². The van der Waals surface area contributed by atoms with Gasteiger partial charge >= 0.3 is 0 Å². The number of aromatic nitrogens is 2. The lowest BCUT2D eigenvalue weighted by Gasteiger charge is -2.26. The molecule has 1 fully saturated rings. The van der Waals surface area contributed by atoms with Crippen molar-refractivity contribution in [2.45, 2.75) is 19.3 Å². The van der Waals surface area contributed by atoms with E-state index in [-0.39, 0.29) is 5.56 Å². The third kappa shape index (κ3) is 3.22. The molecule has 0 atom stereocenters. The summed E-state index contributed by atoms with van der Waals surface area (Å²) in [5, 5.41) is 0.510. The molecule has 22 heavy (non-hydrogen) atoms. The lowest BCUT2D eigenvalue weighted by molar-refractivity contribution is 0.181. The molecule has 1 saturated heterocycles. The molecular formula is C16H21N3O3. The van der Waals surface area contributed by atoms with Gasteiger partial charge in [-0.1, -0.05) is 6.42 Å². The zero-order chi connectivity index (χ0) is 15.4. The van der Waals surface area contributed by atoms with E-state index in [1.807, 2.05) is 0 Å². The SMILES string of the molecule is COc1cc2nc[nH]c(=O)c2cc1OCCN1CCCCC1. The molecule has 0 amide bonds. The van der Waals surface area contributed by atoms with Crippen LogP contribution in [0.2, 0.25) is 0 Å². The van der Waals surface area contributed by atoms with Gasteiger partial charge in [0.25, 0.3) is 5.56 Å². The molecule has 6 nitrogen and oxygen atoms in total. The quantitative estimate of drug-likeness (QED) is 0.912. The topological polar surface area (TPSA) is 67.4 Å². The summed E-state index contributed by atoms with van der Waals surface area (Å²) in [6.45, 7) is 3.76. The largest absolute Gasteiger partial charge is 0.493 e. The monoisotopic (exact) mass is 303 g/mol. The molecular weight excluding hydrogens is 282 g/mol. The van der Waals surface area contributed by atoms with Gasteiger partial charge in [0, 0.05) is 12.6 Å². The van der Waals surface area contributed by atoms with Crippen molar-refractivity contribution in [3.63, 3.8) is 0 Å². The van der Waals surface area contributed by atoms with E-state index in [9.17, 15) is 4.79 Å². The zero-order valence-corrected chi connectivity index (χ0v) is 12.8. The van der Waals surface area contributed by atoms with Crippen molar-refractivity contribution in [2.75, 3.05) is 33.4 Å². The highest BCUT2D eigenvalue weighted by molar-refractivity contribution is 5.81. The molecule has 2 aromatic rings. The number of fused-ring (bicyclic) bond motifs is 1. The molecule has 3 rings (SSSR count). The number of likely N-dealkylation sites (tertiary alicyclic amines) is 1. The maximum Gasteiger partial charge on any atom is 0.258 e. The molecule has 1 aliphatic rings. The average Bonchev–Trinajstić information content (AvgIpc) is 2.56. The Bertz CT molecular complexity index is 693. The van der Waals surface area contributed by atoms with Crippen molar-refractivity contribution in [1.29, 1.82) is 0 Å². The van der Waals surface area contributed by atoms with E-state index in [4.69, 9.17) is 9.47 Å². The van der Waals surface area contributed by atoms with Crippen LogP contribution in [0.3, 0.4) is 0 Å². The summed E-state index contributed by atoms with van der Waals surface area (Å²) in [6.07, 6.45) is 5.24. The normalized spacial score (nSPS) is 15.9. The molecule has 1 aromatic heterocycles. The van der Waals surface area contributed by atoms with Crippen LogP contribution in [-0.2, 0) is 0 Å². The Morgan fingerprint density at radius 2 is 2.05 bits per heavy atom. The minimum absolute atomic E-state index is 0.173. The number of H-pyrrole nitrogens is 1. The van der Waals surface area contributed by atoms with Crippen molar-refractivity contribution in [3.8, 4) is 11.5 Å². The highest BCUT2D eigenvalue weighted by Gasteiger charge is 2.12. The van der Waals surface area contributed by atoms with Crippen LogP contribution in [0.4, 0.5) is 0 Å². The minimum atomic E-state index is -0.173. The number of methoxy groups -OCH3 is 1. The van der Waals surface area contributed by atoms with Gasteiger partial charge in [0.15, 0.2) is 11.5 Å². The van der Waals surface area contributed by atoms with Gasteiger partial charge in [0.05, 0.1) is 24.3 Å². The summed E-state index contributed by atoms with van der Waals surface area (Å²) in [5.41, 5.74) is 0.428. The number of rotatable bonds is 5. The Hall–Kier alpha value is -2.08. The molecule has 2 heterocycles. The van der Waals surface area contributed by atoms with Gasteiger partial charge in [-0.25, -0.2) is 4.98 Å². The van der Waals surface area contributed by atoms with E-state index in [0.717, 1.165) is 19.6 Å². The summed E-state index contributed by atoms with van der Waals surface area (Å²) in [7, 11) is 1.59. The van der Waals surface area contributed by atoms with Gasteiger partial charge in [-0.15, -0.1) is 0 Å². The first kappa shape index (κ1) is 14.8.